The molecule has 1 N–H and O–H groups in total. The van der Waals surface area contributed by atoms with Gasteiger partial charge in [0.05, 0.1) is 10.6 Å². The smallest absolute Gasteiger partial charge is 0.261 e. The van der Waals surface area contributed by atoms with Crippen molar-refractivity contribution in [2.75, 3.05) is 4.72 Å². The number of ether oxygens (including phenoxy) is 1. The Labute approximate surface area is 187 Å². The van der Waals surface area contributed by atoms with Crippen molar-refractivity contribution in [1.29, 1.82) is 0 Å². The summed E-state index contributed by atoms with van der Waals surface area (Å²) in [6.45, 7) is 1.89. The first-order valence-electron chi connectivity index (χ1n) is 8.82. The lowest BCUT2D eigenvalue weighted by Gasteiger charge is -2.09. The van der Waals surface area contributed by atoms with Gasteiger partial charge in [0.15, 0.2) is 5.82 Å². The van der Waals surface area contributed by atoms with Crippen molar-refractivity contribution < 1.29 is 13.2 Å². The number of halogens is 1. The first kappa shape index (κ1) is 20.3. The molecular weight excluding hydrogens is 517 g/mol. The van der Waals surface area contributed by atoms with Crippen LogP contribution in [0.15, 0.2) is 77.8 Å². The molecule has 10 heteroatoms. The van der Waals surface area contributed by atoms with Crippen LogP contribution in [0.2, 0.25) is 0 Å². The lowest BCUT2D eigenvalue weighted by Crippen LogP contribution is -2.12. The van der Waals surface area contributed by atoms with E-state index in [-0.39, 0.29) is 4.90 Å². The van der Waals surface area contributed by atoms with Crippen molar-refractivity contribution in [2.24, 2.45) is 0 Å². The minimum absolute atomic E-state index is 0.200. The summed E-state index contributed by atoms with van der Waals surface area (Å²) >= 11 is 2.12. The summed E-state index contributed by atoms with van der Waals surface area (Å²) in [6, 6.07) is 18.5. The Morgan fingerprint density at radius 2 is 1.67 bits per heavy atom. The van der Waals surface area contributed by atoms with Gasteiger partial charge in [-0.15, -0.1) is 10.2 Å². The van der Waals surface area contributed by atoms with E-state index in [0.717, 1.165) is 9.26 Å². The fraction of sp³-hybridized carbons (Fsp3) is 0.0500. The zero-order valence-corrected chi connectivity index (χ0v) is 18.7. The number of hydrogen-bond donors (Lipinski definition) is 1. The summed E-state index contributed by atoms with van der Waals surface area (Å²) in [7, 11) is -3.66. The number of nitrogens with one attached hydrogen (secondary N) is 1. The van der Waals surface area contributed by atoms with Gasteiger partial charge in [0.2, 0.25) is 5.88 Å². The normalized spacial score (nSPS) is 11.3. The minimum atomic E-state index is -3.66. The predicted molar refractivity (Wildman–Crippen MR) is 120 cm³/mol. The summed E-state index contributed by atoms with van der Waals surface area (Å²) in [4.78, 5) is 0.200. The molecule has 0 bridgehead atoms. The second-order valence-electron chi connectivity index (χ2n) is 6.32. The van der Waals surface area contributed by atoms with Crippen molar-refractivity contribution in [1.82, 2.24) is 20.0 Å². The van der Waals surface area contributed by atoms with Gasteiger partial charge in [0.25, 0.3) is 10.0 Å². The van der Waals surface area contributed by atoms with E-state index in [1.807, 2.05) is 13.0 Å². The van der Waals surface area contributed by atoms with Crippen molar-refractivity contribution in [3.8, 4) is 17.4 Å². The van der Waals surface area contributed by atoms with Crippen LogP contribution < -0.4 is 9.46 Å². The van der Waals surface area contributed by atoms with Crippen LogP contribution in [0.3, 0.4) is 0 Å². The van der Waals surface area contributed by atoms with Gasteiger partial charge in [0, 0.05) is 21.5 Å². The number of anilines is 1. The molecule has 0 spiro atoms. The zero-order valence-electron chi connectivity index (χ0n) is 15.7. The quantitative estimate of drug-likeness (QED) is 0.374. The number of nitrogens with zero attached hydrogens (tertiary/aromatic N) is 4. The van der Waals surface area contributed by atoms with E-state index < -0.39 is 10.0 Å². The molecule has 2 aromatic carbocycles. The topological polar surface area (TPSA) is 99.0 Å². The van der Waals surface area contributed by atoms with E-state index in [1.165, 1.54) is 0 Å². The van der Waals surface area contributed by atoms with Gasteiger partial charge in [0.1, 0.15) is 5.75 Å². The first-order chi connectivity index (χ1) is 14.4. The molecule has 152 valence electrons. The minimum Gasteiger partial charge on any atom is -0.438 e. The average molecular weight is 533 g/mol. The molecule has 4 aromatic rings. The van der Waals surface area contributed by atoms with Gasteiger partial charge in [-0.25, -0.2) is 13.1 Å². The second kappa shape index (κ2) is 8.40. The molecule has 0 aliphatic heterocycles. The molecule has 0 radical (unpaired) electrons. The number of aryl methyl sites for hydroxylation is 1. The van der Waals surface area contributed by atoms with E-state index >= 15 is 0 Å². The standard InChI is InChI=1S/C20H16IN5O3S/c1-14-12-13-26(24-14)19-10-11-20(23-22-19)29-17-6-4-16(5-7-17)25-30(27,28)18-8-2-15(21)3-9-18/h2-13,25H,1H3. The lowest BCUT2D eigenvalue weighted by atomic mass is 10.3. The van der Waals surface area contributed by atoms with Crippen LogP contribution in [0.1, 0.15) is 5.69 Å². The van der Waals surface area contributed by atoms with Gasteiger partial charge in [-0.1, -0.05) is 0 Å². The van der Waals surface area contributed by atoms with Crippen LogP contribution in [-0.4, -0.2) is 28.4 Å². The summed E-state index contributed by atoms with van der Waals surface area (Å²) in [5.74, 6) is 1.40. The summed E-state index contributed by atoms with van der Waals surface area (Å²) in [5.41, 5.74) is 1.31. The summed E-state index contributed by atoms with van der Waals surface area (Å²) < 4.78 is 35.8. The first-order valence-corrected chi connectivity index (χ1v) is 11.4. The Kier molecular flexibility index (Phi) is 5.68. The molecule has 0 aliphatic carbocycles. The highest BCUT2D eigenvalue weighted by molar-refractivity contribution is 14.1. The molecule has 0 amide bonds. The lowest BCUT2D eigenvalue weighted by molar-refractivity contribution is 0.454. The van der Waals surface area contributed by atoms with Crippen molar-refractivity contribution in [3.63, 3.8) is 0 Å². The summed E-state index contributed by atoms with van der Waals surface area (Å²) in [6.07, 6.45) is 1.80. The molecule has 2 aromatic heterocycles. The zero-order chi connectivity index (χ0) is 21.1. The van der Waals surface area contributed by atoms with Crippen LogP contribution >= 0.6 is 22.6 Å². The third kappa shape index (κ3) is 4.76. The number of sulfonamides is 1. The largest absolute Gasteiger partial charge is 0.438 e. The SMILES string of the molecule is Cc1ccn(-c2ccc(Oc3ccc(NS(=O)(=O)c4ccc(I)cc4)cc3)nn2)n1. The summed E-state index contributed by atoms with van der Waals surface area (Å²) in [5, 5.41) is 12.4. The second-order valence-corrected chi connectivity index (χ2v) is 9.25. The Balaban J connectivity index is 1.43. The number of benzene rings is 2. The molecule has 0 aliphatic rings. The Bertz CT molecular complexity index is 1260. The van der Waals surface area contributed by atoms with Crippen LogP contribution in [0.5, 0.6) is 11.6 Å². The van der Waals surface area contributed by atoms with Crippen molar-refractivity contribution >= 4 is 38.3 Å². The van der Waals surface area contributed by atoms with E-state index in [1.54, 1.807) is 71.5 Å². The predicted octanol–water partition coefficient (Wildman–Crippen LogP) is 4.17. The van der Waals surface area contributed by atoms with Gasteiger partial charge >= 0.3 is 0 Å². The van der Waals surface area contributed by atoms with Crippen LogP contribution in [-0.2, 0) is 10.0 Å². The maximum absolute atomic E-state index is 12.5. The molecule has 0 saturated heterocycles. The number of rotatable bonds is 6. The molecule has 0 unspecified atom stereocenters. The van der Waals surface area contributed by atoms with Crippen LogP contribution in [0.25, 0.3) is 5.82 Å². The molecule has 2 heterocycles. The fourth-order valence-electron chi connectivity index (χ4n) is 2.57. The van der Waals surface area contributed by atoms with Gasteiger partial charge < -0.3 is 4.74 Å². The number of aromatic nitrogens is 4. The molecule has 30 heavy (non-hydrogen) atoms. The highest BCUT2D eigenvalue weighted by Gasteiger charge is 2.14. The van der Waals surface area contributed by atoms with Crippen LogP contribution in [0, 0.1) is 10.5 Å². The highest BCUT2D eigenvalue weighted by Crippen LogP contribution is 2.23. The van der Waals surface area contributed by atoms with Crippen molar-refractivity contribution in [3.05, 3.63) is 82.2 Å². The van der Waals surface area contributed by atoms with Gasteiger partial charge in [-0.3, -0.25) is 4.72 Å². The third-order valence-electron chi connectivity index (χ3n) is 4.04. The molecule has 0 fully saturated rings. The van der Waals surface area contributed by atoms with Gasteiger partial charge in [-0.05, 0) is 90.2 Å². The maximum Gasteiger partial charge on any atom is 0.261 e. The number of hydrogen-bond acceptors (Lipinski definition) is 6. The molecule has 0 atom stereocenters. The Morgan fingerprint density at radius 1 is 0.933 bits per heavy atom. The molecule has 0 saturated carbocycles. The highest BCUT2D eigenvalue weighted by atomic mass is 127. The van der Waals surface area contributed by atoms with E-state index in [9.17, 15) is 8.42 Å². The van der Waals surface area contributed by atoms with E-state index in [4.69, 9.17) is 4.74 Å². The van der Waals surface area contributed by atoms with E-state index in [2.05, 4.69) is 42.6 Å². The van der Waals surface area contributed by atoms with Gasteiger partial charge in [-0.2, -0.15) is 5.10 Å². The molecular formula is C20H16IN5O3S. The molecule has 8 nitrogen and oxygen atoms in total. The molecule has 4 rings (SSSR count). The maximum atomic E-state index is 12.5. The fourth-order valence-corrected chi connectivity index (χ4v) is 3.99. The van der Waals surface area contributed by atoms with E-state index in [0.29, 0.717) is 23.1 Å². The van der Waals surface area contributed by atoms with Crippen LogP contribution in [0.4, 0.5) is 5.69 Å². The van der Waals surface area contributed by atoms with Crippen molar-refractivity contribution in [2.45, 2.75) is 11.8 Å². The monoisotopic (exact) mass is 533 g/mol. The average Bonchev–Trinajstić information content (AvgIpc) is 3.16. The third-order valence-corrected chi connectivity index (χ3v) is 6.15. The Morgan fingerprint density at radius 3 is 2.27 bits per heavy atom. The Hall–Kier alpha value is -2.99.